The van der Waals surface area contributed by atoms with E-state index in [-0.39, 0.29) is 0 Å². The molecule has 0 heterocycles. The van der Waals surface area contributed by atoms with E-state index in [0.717, 1.165) is 23.7 Å². The summed E-state index contributed by atoms with van der Waals surface area (Å²) in [4.78, 5) is 0. The lowest BCUT2D eigenvalue weighted by molar-refractivity contribution is 0.272. The second-order valence-corrected chi connectivity index (χ2v) is 4.19. The van der Waals surface area contributed by atoms with E-state index >= 15 is 0 Å². The standard InChI is InChI=1S/C9H16/c1-6-3-8-4-7(2)9(6)5-8/h6-9H,3-5H2,1-2H3. The van der Waals surface area contributed by atoms with Gasteiger partial charge in [0.15, 0.2) is 0 Å². The third kappa shape index (κ3) is 0.720. The van der Waals surface area contributed by atoms with Crippen molar-refractivity contribution in [3.63, 3.8) is 0 Å². The summed E-state index contributed by atoms with van der Waals surface area (Å²) in [6.07, 6.45) is 4.63. The van der Waals surface area contributed by atoms with Gasteiger partial charge < -0.3 is 0 Å². The summed E-state index contributed by atoms with van der Waals surface area (Å²) in [6, 6.07) is 0. The lowest BCUT2D eigenvalue weighted by atomic mass is 9.83. The van der Waals surface area contributed by atoms with Crippen molar-refractivity contribution in [3.05, 3.63) is 0 Å². The fraction of sp³-hybridized carbons (Fsp3) is 1.00. The summed E-state index contributed by atoms with van der Waals surface area (Å²) < 4.78 is 0. The molecular formula is C9H16. The van der Waals surface area contributed by atoms with Gasteiger partial charge in [-0.1, -0.05) is 13.8 Å². The van der Waals surface area contributed by atoms with E-state index in [4.69, 9.17) is 0 Å². The van der Waals surface area contributed by atoms with Crippen molar-refractivity contribution in [3.8, 4) is 0 Å². The van der Waals surface area contributed by atoms with Crippen LogP contribution in [0.5, 0.6) is 0 Å². The molecule has 2 aliphatic rings. The first kappa shape index (κ1) is 5.76. The molecule has 9 heavy (non-hydrogen) atoms. The molecule has 52 valence electrons. The molecule has 0 aliphatic heterocycles. The average Bonchev–Trinajstić information content (AvgIpc) is 2.22. The summed E-state index contributed by atoms with van der Waals surface area (Å²) in [5.41, 5.74) is 0. The molecule has 0 heteroatoms. The van der Waals surface area contributed by atoms with E-state index in [0.29, 0.717) is 0 Å². The van der Waals surface area contributed by atoms with Crippen molar-refractivity contribution in [1.29, 1.82) is 0 Å². The summed E-state index contributed by atoms with van der Waals surface area (Å²) in [7, 11) is 0. The van der Waals surface area contributed by atoms with E-state index in [2.05, 4.69) is 13.8 Å². The smallest absolute Gasteiger partial charge is 0.0360 e. The molecule has 2 bridgehead atoms. The highest BCUT2D eigenvalue weighted by Gasteiger charge is 2.41. The van der Waals surface area contributed by atoms with Gasteiger partial charge in [-0.3, -0.25) is 0 Å². The Kier molecular flexibility index (Phi) is 1.12. The zero-order chi connectivity index (χ0) is 6.43. The fourth-order valence-electron chi connectivity index (χ4n) is 3.10. The molecule has 0 nitrogen and oxygen atoms in total. The van der Waals surface area contributed by atoms with Gasteiger partial charge in [-0.15, -0.1) is 0 Å². The van der Waals surface area contributed by atoms with Gasteiger partial charge >= 0.3 is 0 Å². The van der Waals surface area contributed by atoms with Crippen LogP contribution in [0.1, 0.15) is 33.1 Å². The van der Waals surface area contributed by atoms with Crippen LogP contribution >= 0.6 is 0 Å². The third-order valence-electron chi connectivity index (χ3n) is 3.48. The van der Waals surface area contributed by atoms with Gasteiger partial charge in [0.2, 0.25) is 0 Å². The van der Waals surface area contributed by atoms with E-state index in [9.17, 15) is 0 Å². The molecule has 0 spiro atoms. The normalized spacial score (nSPS) is 56.7. The van der Waals surface area contributed by atoms with Crippen LogP contribution in [0.2, 0.25) is 0 Å². The number of hydrogen-bond acceptors (Lipinski definition) is 0. The Morgan fingerprint density at radius 1 is 0.889 bits per heavy atom. The summed E-state index contributed by atoms with van der Waals surface area (Å²) in [5.74, 6) is 4.34. The average molecular weight is 124 g/mol. The molecule has 2 atom stereocenters. The number of rotatable bonds is 0. The topological polar surface area (TPSA) is 0 Å². The molecule has 2 unspecified atom stereocenters. The largest absolute Gasteiger partial charge is 0.0622 e. The van der Waals surface area contributed by atoms with Crippen LogP contribution in [0.25, 0.3) is 0 Å². The number of fused-ring (bicyclic) bond motifs is 2. The Balaban J connectivity index is 2.13. The Morgan fingerprint density at radius 3 is 1.67 bits per heavy atom. The maximum Gasteiger partial charge on any atom is -0.0360 e. The Bertz CT molecular complexity index is 105. The van der Waals surface area contributed by atoms with Crippen LogP contribution < -0.4 is 0 Å². The minimum atomic E-state index is 1.05. The fourth-order valence-corrected chi connectivity index (χ4v) is 3.10. The highest BCUT2D eigenvalue weighted by atomic mass is 14.5. The van der Waals surface area contributed by atoms with E-state index in [1.165, 1.54) is 12.8 Å². The van der Waals surface area contributed by atoms with E-state index in [1.807, 2.05) is 0 Å². The van der Waals surface area contributed by atoms with Crippen LogP contribution in [0.4, 0.5) is 0 Å². The second kappa shape index (κ2) is 1.74. The van der Waals surface area contributed by atoms with Crippen molar-refractivity contribution in [2.75, 3.05) is 0 Å². The Hall–Kier alpha value is 0. The molecule has 0 amide bonds. The predicted molar refractivity (Wildman–Crippen MR) is 39.2 cm³/mol. The summed E-state index contributed by atoms with van der Waals surface area (Å²) >= 11 is 0. The van der Waals surface area contributed by atoms with Crippen LogP contribution in [0.15, 0.2) is 0 Å². The monoisotopic (exact) mass is 124 g/mol. The Labute approximate surface area is 57.6 Å². The molecule has 0 radical (unpaired) electrons. The summed E-state index contributed by atoms with van der Waals surface area (Å²) in [5, 5.41) is 0. The predicted octanol–water partition coefficient (Wildman–Crippen LogP) is 2.69. The first-order valence-electron chi connectivity index (χ1n) is 4.27. The van der Waals surface area contributed by atoms with Gasteiger partial charge in [0, 0.05) is 0 Å². The lowest BCUT2D eigenvalue weighted by Crippen LogP contribution is -2.14. The minimum Gasteiger partial charge on any atom is -0.0622 e. The lowest BCUT2D eigenvalue weighted by Gasteiger charge is -2.23. The molecule has 0 aromatic rings. The maximum absolute atomic E-state index is 2.43. The van der Waals surface area contributed by atoms with Crippen molar-refractivity contribution in [2.24, 2.45) is 23.7 Å². The van der Waals surface area contributed by atoms with Crippen LogP contribution in [0.3, 0.4) is 0 Å². The van der Waals surface area contributed by atoms with E-state index < -0.39 is 0 Å². The van der Waals surface area contributed by atoms with Crippen LogP contribution in [0, 0.1) is 23.7 Å². The SMILES string of the molecule is CC1CC2CC(C)C1C2. The number of hydrogen-bond donors (Lipinski definition) is 0. The van der Waals surface area contributed by atoms with Gasteiger partial charge in [-0.05, 0) is 42.9 Å². The highest BCUT2D eigenvalue weighted by molar-refractivity contribution is 4.91. The van der Waals surface area contributed by atoms with Crippen LogP contribution in [-0.4, -0.2) is 0 Å². The van der Waals surface area contributed by atoms with Gasteiger partial charge in [0.25, 0.3) is 0 Å². The van der Waals surface area contributed by atoms with Gasteiger partial charge in [0.1, 0.15) is 0 Å². The van der Waals surface area contributed by atoms with Crippen molar-refractivity contribution in [1.82, 2.24) is 0 Å². The molecule has 2 rings (SSSR count). The maximum atomic E-state index is 2.43. The third-order valence-corrected chi connectivity index (χ3v) is 3.48. The molecule has 2 saturated carbocycles. The zero-order valence-corrected chi connectivity index (χ0v) is 6.43. The van der Waals surface area contributed by atoms with Crippen molar-refractivity contribution in [2.45, 2.75) is 33.1 Å². The molecule has 0 aromatic heterocycles. The molecule has 0 aromatic carbocycles. The summed E-state index contributed by atoms with van der Waals surface area (Å²) in [6.45, 7) is 4.86. The molecule has 0 saturated heterocycles. The molecule has 2 aliphatic carbocycles. The molecule has 0 N–H and O–H groups in total. The molecular weight excluding hydrogens is 108 g/mol. The van der Waals surface area contributed by atoms with Crippen molar-refractivity contribution < 1.29 is 0 Å². The van der Waals surface area contributed by atoms with Gasteiger partial charge in [0.05, 0.1) is 0 Å². The second-order valence-electron chi connectivity index (χ2n) is 4.19. The van der Waals surface area contributed by atoms with Gasteiger partial charge in [-0.2, -0.15) is 0 Å². The van der Waals surface area contributed by atoms with Gasteiger partial charge in [-0.25, -0.2) is 0 Å². The molecule has 2 fully saturated rings. The zero-order valence-electron chi connectivity index (χ0n) is 6.43. The highest BCUT2D eigenvalue weighted by Crippen LogP contribution is 2.51. The van der Waals surface area contributed by atoms with Crippen LogP contribution in [-0.2, 0) is 0 Å². The minimum absolute atomic E-state index is 1.05. The van der Waals surface area contributed by atoms with E-state index in [1.54, 1.807) is 6.42 Å². The first-order valence-corrected chi connectivity index (χ1v) is 4.27. The Morgan fingerprint density at radius 2 is 1.44 bits per heavy atom. The quantitative estimate of drug-likeness (QED) is 0.465. The van der Waals surface area contributed by atoms with Crippen molar-refractivity contribution >= 4 is 0 Å². The first-order chi connectivity index (χ1) is 4.27.